The van der Waals surface area contributed by atoms with Crippen molar-refractivity contribution in [2.75, 3.05) is 25.5 Å². The van der Waals surface area contributed by atoms with Gasteiger partial charge in [-0.05, 0) is 50.1 Å². The van der Waals surface area contributed by atoms with Crippen LogP contribution in [-0.2, 0) is 0 Å². The van der Waals surface area contributed by atoms with E-state index in [-0.39, 0.29) is 17.2 Å². The summed E-state index contributed by atoms with van der Waals surface area (Å²) in [5.74, 6) is -0.321. The van der Waals surface area contributed by atoms with E-state index in [4.69, 9.17) is 9.15 Å². The number of ether oxygens (including phenoxy) is 1. The highest BCUT2D eigenvalue weighted by Crippen LogP contribution is 2.24. The Morgan fingerprint density at radius 1 is 1.38 bits per heavy atom. The number of nitrogens with one attached hydrogen (secondary N) is 2. The van der Waals surface area contributed by atoms with E-state index in [0.29, 0.717) is 17.1 Å². The van der Waals surface area contributed by atoms with Gasteiger partial charge in [0.2, 0.25) is 0 Å². The number of benzene rings is 1. The van der Waals surface area contributed by atoms with Crippen LogP contribution in [0.15, 0.2) is 33.5 Å². The van der Waals surface area contributed by atoms with Gasteiger partial charge in [0.15, 0.2) is 0 Å². The van der Waals surface area contributed by atoms with E-state index < -0.39 is 17.3 Å². The van der Waals surface area contributed by atoms with Gasteiger partial charge in [-0.2, -0.15) is 0 Å². The molecule has 1 aliphatic heterocycles. The number of anilines is 1. The van der Waals surface area contributed by atoms with Crippen LogP contribution >= 0.6 is 0 Å². The number of rotatable bonds is 4. The Morgan fingerprint density at radius 2 is 2.19 bits per heavy atom. The fourth-order valence-electron chi connectivity index (χ4n) is 3.11. The van der Waals surface area contributed by atoms with Crippen molar-refractivity contribution in [2.45, 2.75) is 25.7 Å². The molecular formula is C19H21FN2O4. The van der Waals surface area contributed by atoms with Gasteiger partial charge in [-0.25, -0.2) is 9.18 Å². The molecule has 1 amide bonds. The number of methoxy groups -OCH3 is 1. The Bertz CT molecular complexity index is 872. The smallest absolute Gasteiger partial charge is 0.349 e. The first-order valence-electron chi connectivity index (χ1n) is 8.50. The first-order valence-corrected chi connectivity index (χ1v) is 8.50. The molecule has 0 saturated carbocycles. The Hall–Kier alpha value is -2.67. The number of hydrogen-bond acceptors (Lipinski definition) is 5. The average molecular weight is 360 g/mol. The molecule has 7 heteroatoms. The van der Waals surface area contributed by atoms with Crippen LogP contribution in [0.4, 0.5) is 10.1 Å². The molecule has 1 aromatic carbocycles. The molecule has 3 rings (SSSR count). The van der Waals surface area contributed by atoms with Crippen molar-refractivity contribution in [1.82, 2.24) is 5.32 Å². The summed E-state index contributed by atoms with van der Waals surface area (Å²) in [6, 6.07) is 5.78. The number of piperidine rings is 1. The summed E-state index contributed by atoms with van der Waals surface area (Å²) in [6.07, 6.45) is 1.93. The number of hydrogen-bond donors (Lipinski definition) is 2. The minimum Gasteiger partial charge on any atom is -0.497 e. The highest BCUT2D eigenvalue weighted by atomic mass is 19.1. The predicted octanol–water partition coefficient (Wildman–Crippen LogP) is 2.82. The van der Waals surface area contributed by atoms with Gasteiger partial charge in [-0.3, -0.25) is 4.79 Å². The quantitative estimate of drug-likeness (QED) is 0.876. The molecule has 0 aliphatic carbocycles. The summed E-state index contributed by atoms with van der Waals surface area (Å²) in [5.41, 5.74) is -0.354. The van der Waals surface area contributed by atoms with E-state index in [1.54, 1.807) is 13.0 Å². The van der Waals surface area contributed by atoms with Crippen LogP contribution in [0.1, 0.15) is 40.4 Å². The zero-order valence-corrected chi connectivity index (χ0v) is 14.7. The standard InChI is InChI=1S/C19H21FN2O4/c1-11-8-16(12-4-3-7-21-10-12)26-19(24)17(11)18(23)22-15-6-5-13(25-2)9-14(15)20/h5-6,8-9,12,21H,3-4,7,10H2,1-2H3,(H,22,23). The van der Waals surface area contributed by atoms with E-state index in [0.717, 1.165) is 32.0 Å². The van der Waals surface area contributed by atoms with Crippen LogP contribution in [0.5, 0.6) is 5.75 Å². The first kappa shape index (κ1) is 18.1. The van der Waals surface area contributed by atoms with Crippen molar-refractivity contribution in [1.29, 1.82) is 0 Å². The number of aryl methyl sites for hydroxylation is 1. The molecule has 0 radical (unpaired) electrons. The normalized spacial score (nSPS) is 17.0. The lowest BCUT2D eigenvalue weighted by molar-refractivity contribution is 0.102. The van der Waals surface area contributed by atoms with Crippen molar-refractivity contribution in [3.8, 4) is 5.75 Å². The van der Waals surface area contributed by atoms with Crippen LogP contribution in [0, 0.1) is 12.7 Å². The van der Waals surface area contributed by atoms with Gasteiger partial charge >= 0.3 is 5.63 Å². The van der Waals surface area contributed by atoms with Crippen LogP contribution in [0.3, 0.4) is 0 Å². The minimum atomic E-state index is -0.711. The predicted molar refractivity (Wildman–Crippen MR) is 95.5 cm³/mol. The number of amides is 1. The highest BCUT2D eigenvalue weighted by Gasteiger charge is 2.23. The van der Waals surface area contributed by atoms with Gasteiger partial charge in [-0.1, -0.05) is 0 Å². The minimum absolute atomic E-state index is 0.0323. The summed E-state index contributed by atoms with van der Waals surface area (Å²) in [6.45, 7) is 3.37. The fraction of sp³-hybridized carbons (Fsp3) is 0.368. The molecule has 1 atom stereocenters. The molecule has 0 spiro atoms. The third-order valence-corrected chi connectivity index (χ3v) is 4.52. The summed E-state index contributed by atoms with van der Waals surface area (Å²) in [5, 5.41) is 5.68. The Labute approximate surface area is 150 Å². The second-order valence-corrected chi connectivity index (χ2v) is 6.34. The first-order chi connectivity index (χ1) is 12.5. The molecule has 0 bridgehead atoms. The molecule has 1 unspecified atom stereocenters. The summed E-state index contributed by atoms with van der Waals surface area (Å²) in [4.78, 5) is 24.8. The third-order valence-electron chi connectivity index (χ3n) is 4.52. The zero-order valence-electron chi connectivity index (χ0n) is 14.7. The molecule has 2 aromatic rings. The Kier molecular flexibility index (Phi) is 5.37. The molecular weight excluding hydrogens is 339 g/mol. The molecule has 1 saturated heterocycles. The fourth-order valence-corrected chi connectivity index (χ4v) is 3.11. The Morgan fingerprint density at radius 3 is 2.81 bits per heavy atom. The maximum atomic E-state index is 14.0. The average Bonchev–Trinajstić information content (AvgIpc) is 2.63. The van der Waals surface area contributed by atoms with Gasteiger partial charge in [0.05, 0.1) is 12.8 Å². The lowest BCUT2D eigenvalue weighted by Gasteiger charge is -2.22. The maximum Gasteiger partial charge on any atom is 0.349 e. The summed E-state index contributed by atoms with van der Waals surface area (Å²) in [7, 11) is 1.42. The van der Waals surface area contributed by atoms with Crippen molar-refractivity contribution in [2.24, 2.45) is 0 Å². The van der Waals surface area contributed by atoms with E-state index in [2.05, 4.69) is 10.6 Å². The maximum absolute atomic E-state index is 14.0. The topological polar surface area (TPSA) is 80.6 Å². The van der Waals surface area contributed by atoms with Crippen LogP contribution in [-0.4, -0.2) is 26.1 Å². The molecule has 6 nitrogen and oxygen atoms in total. The van der Waals surface area contributed by atoms with Gasteiger partial charge in [0.25, 0.3) is 5.91 Å². The van der Waals surface area contributed by atoms with Crippen molar-refractivity contribution in [3.05, 3.63) is 57.4 Å². The number of carbonyl (C=O) groups is 1. The number of halogens is 1. The van der Waals surface area contributed by atoms with Gasteiger partial charge in [0, 0.05) is 18.5 Å². The van der Waals surface area contributed by atoms with Crippen molar-refractivity contribution in [3.63, 3.8) is 0 Å². The SMILES string of the molecule is COc1ccc(NC(=O)c2c(C)cc(C3CCCNC3)oc2=O)c(F)c1. The summed E-state index contributed by atoms with van der Waals surface area (Å²) < 4.78 is 24.3. The van der Waals surface area contributed by atoms with Crippen LogP contribution in [0.2, 0.25) is 0 Å². The monoisotopic (exact) mass is 360 g/mol. The lowest BCUT2D eigenvalue weighted by Crippen LogP contribution is -2.30. The molecule has 26 heavy (non-hydrogen) atoms. The molecule has 2 N–H and O–H groups in total. The second kappa shape index (κ2) is 7.70. The second-order valence-electron chi connectivity index (χ2n) is 6.34. The van der Waals surface area contributed by atoms with Gasteiger partial charge in [0.1, 0.15) is 22.9 Å². The molecule has 1 fully saturated rings. The number of carbonyl (C=O) groups excluding carboxylic acids is 1. The molecule has 1 aliphatic rings. The highest BCUT2D eigenvalue weighted by molar-refractivity contribution is 6.05. The van der Waals surface area contributed by atoms with Crippen molar-refractivity contribution < 1.29 is 18.3 Å². The molecule has 2 heterocycles. The summed E-state index contributed by atoms with van der Waals surface area (Å²) >= 11 is 0. The molecule has 1 aromatic heterocycles. The zero-order chi connectivity index (χ0) is 18.7. The van der Waals surface area contributed by atoms with Crippen molar-refractivity contribution >= 4 is 11.6 Å². The van der Waals surface area contributed by atoms with Crippen LogP contribution < -0.4 is 21.0 Å². The largest absolute Gasteiger partial charge is 0.497 e. The van der Waals surface area contributed by atoms with E-state index in [9.17, 15) is 14.0 Å². The van der Waals surface area contributed by atoms with E-state index in [1.807, 2.05) is 0 Å². The van der Waals surface area contributed by atoms with E-state index >= 15 is 0 Å². The molecule has 138 valence electrons. The van der Waals surface area contributed by atoms with Gasteiger partial charge < -0.3 is 19.8 Å². The van der Waals surface area contributed by atoms with Gasteiger partial charge in [-0.15, -0.1) is 0 Å². The van der Waals surface area contributed by atoms with Crippen LogP contribution in [0.25, 0.3) is 0 Å². The Balaban J connectivity index is 1.84. The third kappa shape index (κ3) is 3.77. The van der Waals surface area contributed by atoms with E-state index in [1.165, 1.54) is 19.2 Å². The lowest BCUT2D eigenvalue weighted by atomic mass is 9.95.